The normalized spacial score (nSPS) is 11.8. The van der Waals surface area contributed by atoms with Crippen molar-refractivity contribution in [2.75, 3.05) is 20.1 Å². The van der Waals surface area contributed by atoms with Crippen molar-refractivity contribution >= 4 is 29.1 Å². The molecule has 0 aliphatic heterocycles. The smallest absolute Gasteiger partial charge is 0.323 e. The molecule has 0 radical (unpaired) electrons. The zero-order chi connectivity index (χ0) is 16.0. The van der Waals surface area contributed by atoms with Crippen LogP contribution in [0.25, 0.3) is 0 Å². The van der Waals surface area contributed by atoms with Crippen LogP contribution in [0.2, 0.25) is 0 Å². The zero-order valence-electron chi connectivity index (χ0n) is 12.4. The largest absolute Gasteiger partial charge is 0.480 e. The summed E-state index contributed by atoms with van der Waals surface area (Å²) in [6, 6.07) is 3.28. The van der Waals surface area contributed by atoms with Gasteiger partial charge in [0, 0.05) is 13.1 Å². The average Bonchev–Trinajstić information content (AvgIpc) is 2.96. The molecule has 7 heteroatoms. The summed E-state index contributed by atoms with van der Waals surface area (Å²) < 4.78 is 0. The Kier molecular flexibility index (Phi) is 6.36. The highest BCUT2D eigenvalue weighted by molar-refractivity contribution is 7.12. The van der Waals surface area contributed by atoms with Gasteiger partial charge >= 0.3 is 5.97 Å². The van der Waals surface area contributed by atoms with E-state index in [4.69, 9.17) is 5.11 Å². The molecular formula is C14H20N2O4S. The third-order valence-corrected chi connectivity index (χ3v) is 4.06. The molecule has 1 N–H and O–H groups in total. The molecular weight excluding hydrogens is 292 g/mol. The SMILES string of the molecule is CCC(C)N(CC(=O)O)C(=O)CN(C)C(=O)c1cccs1. The molecule has 1 aromatic rings. The van der Waals surface area contributed by atoms with Crippen molar-refractivity contribution in [3.05, 3.63) is 22.4 Å². The van der Waals surface area contributed by atoms with E-state index >= 15 is 0 Å². The van der Waals surface area contributed by atoms with Crippen LogP contribution in [0.3, 0.4) is 0 Å². The number of hydrogen-bond acceptors (Lipinski definition) is 4. The summed E-state index contributed by atoms with van der Waals surface area (Å²) in [5, 5.41) is 10.7. The lowest BCUT2D eigenvalue weighted by Gasteiger charge is -2.28. The molecule has 0 aromatic carbocycles. The molecule has 1 atom stereocenters. The fourth-order valence-corrected chi connectivity index (χ4v) is 2.53. The number of carbonyl (C=O) groups excluding carboxylic acids is 2. The Morgan fingerprint density at radius 2 is 2.00 bits per heavy atom. The molecule has 1 rings (SSSR count). The molecule has 0 aliphatic rings. The maximum absolute atomic E-state index is 12.2. The topological polar surface area (TPSA) is 77.9 Å². The van der Waals surface area contributed by atoms with Crippen molar-refractivity contribution in [2.45, 2.75) is 26.3 Å². The number of amides is 2. The molecule has 6 nitrogen and oxygen atoms in total. The van der Waals surface area contributed by atoms with Gasteiger partial charge < -0.3 is 14.9 Å². The van der Waals surface area contributed by atoms with Gasteiger partial charge in [-0.25, -0.2) is 0 Å². The van der Waals surface area contributed by atoms with Gasteiger partial charge in [0.25, 0.3) is 5.91 Å². The van der Waals surface area contributed by atoms with Crippen LogP contribution in [0.1, 0.15) is 29.9 Å². The van der Waals surface area contributed by atoms with Crippen LogP contribution in [0.4, 0.5) is 0 Å². The summed E-state index contributed by atoms with van der Waals surface area (Å²) >= 11 is 1.31. The number of rotatable bonds is 7. The monoisotopic (exact) mass is 312 g/mol. The van der Waals surface area contributed by atoms with Gasteiger partial charge in [0.15, 0.2) is 0 Å². The van der Waals surface area contributed by atoms with Gasteiger partial charge in [-0.1, -0.05) is 13.0 Å². The van der Waals surface area contributed by atoms with E-state index < -0.39 is 5.97 Å². The average molecular weight is 312 g/mol. The Labute approximate surface area is 128 Å². The summed E-state index contributed by atoms with van der Waals surface area (Å²) in [6.45, 7) is 3.19. The van der Waals surface area contributed by atoms with Gasteiger partial charge in [-0.15, -0.1) is 11.3 Å². The number of carboxylic acid groups (broad SMARTS) is 1. The molecule has 0 aliphatic carbocycles. The van der Waals surface area contributed by atoms with Crippen molar-refractivity contribution in [3.63, 3.8) is 0 Å². The van der Waals surface area contributed by atoms with Crippen molar-refractivity contribution in [2.24, 2.45) is 0 Å². The lowest BCUT2D eigenvalue weighted by atomic mass is 10.2. The number of aliphatic carboxylic acids is 1. The van der Waals surface area contributed by atoms with E-state index in [9.17, 15) is 14.4 Å². The lowest BCUT2D eigenvalue weighted by molar-refractivity contribution is -0.146. The number of thiophene rings is 1. The Bertz CT molecular complexity index is 501. The second-order valence-corrected chi connectivity index (χ2v) is 5.76. The predicted octanol–water partition coefficient (Wildman–Crippen LogP) is 1.53. The second kappa shape index (κ2) is 7.78. The number of carboxylic acids is 1. The second-order valence-electron chi connectivity index (χ2n) is 4.81. The third-order valence-electron chi connectivity index (χ3n) is 3.20. The molecule has 1 aromatic heterocycles. The summed E-state index contributed by atoms with van der Waals surface area (Å²) in [6.07, 6.45) is 0.654. The van der Waals surface area contributed by atoms with Crippen LogP contribution >= 0.6 is 11.3 Å². The molecule has 116 valence electrons. The Balaban J connectivity index is 2.72. The van der Waals surface area contributed by atoms with Crippen LogP contribution in [-0.4, -0.2) is 58.9 Å². The van der Waals surface area contributed by atoms with Gasteiger partial charge in [0.05, 0.1) is 11.4 Å². The van der Waals surface area contributed by atoms with E-state index in [1.54, 1.807) is 24.4 Å². The molecule has 0 saturated heterocycles. The lowest BCUT2D eigenvalue weighted by Crippen LogP contribution is -2.47. The van der Waals surface area contributed by atoms with Gasteiger partial charge in [-0.2, -0.15) is 0 Å². The van der Waals surface area contributed by atoms with Crippen LogP contribution in [0.5, 0.6) is 0 Å². The fraction of sp³-hybridized carbons (Fsp3) is 0.500. The Morgan fingerprint density at radius 1 is 1.33 bits per heavy atom. The highest BCUT2D eigenvalue weighted by Crippen LogP contribution is 2.12. The van der Waals surface area contributed by atoms with Crippen LogP contribution in [-0.2, 0) is 9.59 Å². The van der Waals surface area contributed by atoms with Gasteiger partial charge in [0.1, 0.15) is 6.54 Å². The fourth-order valence-electron chi connectivity index (χ4n) is 1.81. The van der Waals surface area contributed by atoms with Crippen molar-refractivity contribution in [3.8, 4) is 0 Å². The van der Waals surface area contributed by atoms with Crippen molar-refractivity contribution < 1.29 is 19.5 Å². The molecule has 0 bridgehead atoms. The van der Waals surface area contributed by atoms with Crippen molar-refractivity contribution in [1.29, 1.82) is 0 Å². The standard InChI is InChI=1S/C14H20N2O4S/c1-4-10(2)16(9-13(18)19)12(17)8-15(3)14(20)11-6-5-7-21-11/h5-7,10H,4,8-9H2,1-3H3,(H,18,19). The summed E-state index contributed by atoms with van der Waals surface area (Å²) in [5.74, 6) is -1.66. The van der Waals surface area contributed by atoms with Gasteiger partial charge in [-0.05, 0) is 24.8 Å². The number of nitrogens with zero attached hydrogens (tertiary/aromatic N) is 2. The summed E-state index contributed by atoms with van der Waals surface area (Å²) in [4.78, 5) is 38.3. The van der Waals surface area contributed by atoms with Gasteiger partial charge in [0.2, 0.25) is 5.91 Å². The first-order chi connectivity index (χ1) is 9.86. The minimum Gasteiger partial charge on any atom is -0.480 e. The maximum atomic E-state index is 12.2. The molecule has 21 heavy (non-hydrogen) atoms. The van der Waals surface area contributed by atoms with Crippen LogP contribution < -0.4 is 0 Å². The first-order valence-corrected chi connectivity index (χ1v) is 7.55. The van der Waals surface area contributed by atoms with E-state index in [1.165, 1.54) is 28.2 Å². The molecule has 1 heterocycles. The molecule has 0 saturated carbocycles. The number of carbonyl (C=O) groups is 3. The van der Waals surface area contributed by atoms with E-state index in [1.807, 2.05) is 6.92 Å². The van der Waals surface area contributed by atoms with E-state index in [2.05, 4.69) is 0 Å². The van der Waals surface area contributed by atoms with E-state index in [0.717, 1.165) is 0 Å². The third kappa shape index (κ3) is 4.86. The highest BCUT2D eigenvalue weighted by Gasteiger charge is 2.24. The number of hydrogen-bond donors (Lipinski definition) is 1. The van der Waals surface area contributed by atoms with Crippen LogP contribution in [0, 0.1) is 0 Å². The number of likely N-dealkylation sites (N-methyl/N-ethyl adjacent to an activating group) is 1. The summed E-state index contributed by atoms with van der Waals surface area (Å²) in [5.41, 5.74) is 0. The van der Waals surface area contributed by atoms with Crippen molar-refractivity contribution in [1.82, 2.24) is 9.80 Å². The predicted molar refractivity (Wildman–Crippen MR) is 80.4 cm³/mol. The minimum absolute atomic E-state index is 0.131. The molecule has 1 unspecified atom stereocenters. The quantitative estimate of drug-likeness (QED) is 0.828. The first-order valence-electron chi connectivity index (χ1n) is 6.67. The first kappa shape index (κ1) is 17.2. The highest BCUT2D eigenvalue weighted by atomic mass is 32.1. The van der Waals surface area contributed by atoms with Gasteiger partial charge in [-0.3, -0.25) is 14.4 Å². The summed E-state index contributed by atoms with van der Waals surface area (Å²) in [7, 11) is 1.54. The Morgan fingerprint density at radius 3 is 2.48 bits per heavy atom. The van der Waals surface area contributed by atoms with E-state index in [-0.39, 0.29) is 30.9 Å². The van der Waals surface area contributed by atoms with Crippen LogP contribution in [0.15, 0.2) is 17.5 Å². The zero-order valence-corrected chi connectivity index (χ0v) is 13.2. The molecule has 2 amide bonds. The maximum Gasteiger partial charge on any atom is 0.323 e. The minimum atomic E-state index is -1.06. The Hall–Kier alpha value is -1.89. The van der Waals surface area contributed by atoms with E-state index in [0.29, 0.717) is 11.3 Å². The molecule has 0 spiro atoms. The molecule has 0 fully saturated rings.